The topological polar surface area (TPSA) is 9.86 Å². The number of aromatic nitrogens is 2. The van der Waals surface area contributed by atoms with Gasteiger partial charge in [0, 0.05) is 43.8 Å². The second-order valence-corrected chi connectivity index (χ2v) is 30.2. The van der Waals surface area contributed by atoms with Gasteiger partial charge in [-0.05, 0) is 181 Å². The summed E-state index contributed by atoms with van der Waals surface area (Å²) < 4.78 is 5.60. The number of nitrogens with zero attached hydrogens (tertiary/aromatic N) is 2. The first-order valence-corrected chi connectivity index (χ1v) is 30.2. The van der Waals surface area contributed by atoms with Gasteiger partial charge in [0.1, 0.15) is 0 Å². The Morgan fingerprint density at radius 1 is 0.317 bits per heavy atom. The molecule has 12 aromatic rings. The highest BCUT2D eigenvalue weighted by molar-refractivity contribution is 7.00. The Hall–Kier alpha value is -7.88. The van der Waals surface area contributed by atoms with Crippen LogP contribution >= 0.6 is 0 Å². The summed E-state index contributed by atoms with van der Waals surface area (Å²) in [5.41, 5.74) is 31.1. The lowest BCUT2D eigenvalue weighted by Crippen LogP contribution is -2.61. The predicted octanol–water partition coefficient (Wildman–Crippen LogP) is 18.7. The maximum absolute atomic E-state index is 2.82. The second-order valence-electron chi connectivity index (χ2n) is 30.2. The summed E-state index contributed by atoms with van der Waals surface area (Å²) in [4.78, 5) is 0. The monoisotopic (exact) mass is 1060 g/mol. The molecule has 0 fully saturated rings. The van der Waals surface area contributed by atoms with Crippen LogP contribution in [0.25, 0.3) is 99.1 Å². The van der Waals surface area contributed by atoms with Crippen LogP contribution in [0.5, 0.6) is 0 Å². The van der Waals surface area contributed by atoms with Crippen molar-refractivity contribution in [3.05, 3.63) is 220 Å². The van der Waals surface area contributed by atoms with Crippen LogP contribution in [0.15, 0.2) is 170 Å². The molecular formula is C79H73BN2. The van der Waals surface area contributed by atoms with Crippen molar-refractivity contribution in [1.29, 1.82) is 0 Å². The lowest BCUT2D eigenvalue weighted by molar-refractivity contribution is 0.588. The fourth-order valence-electron chi connectivity index (χ4n) is 15.7. The summed E-state index contributed by atoms with van der Waals surface area (Å²) in [6.07, 6.45) is 0. The number of rotatable bonds is 2. The van der Waals surface area contributed by atoms with Crippen LogP contribution in [0.3, 0.4) is 0 Å². The number of benzene rings is 10. The van der Waals surface area contributed by atoms with Crippen LogP contribution in [0.1, 0.15) is 154 Å². The molecule has 10 aromatic carbocycles. The molecule has 3 aliphatic heterocycles. The largest absolute Gasteiger partial charge is 0.310 e. The summed E-state index contributed by atoms with van der Waals surface area (Å²) in [6.45, 7) is 35.7. The molecule has 2 aromatic heterocycles. The van der Waals surface area contributed by atoms with Crippen molar-refractivity contribution in [2.75, 3.05) is 0 Å². The van der Waals surface area contributed by atoms with E-state index in [1.54, 1.807) is 0 Å². The zero-order chi connectivity index (χ0) is 56.9. The molecule has 0 radical (unpaired) electrons. The Bertz CT molecular complexity index is 4810. The van der Waals surface area contributed by atoms with E-state index in [0.717, 1.165) is 0 Å². The molecule has 82 heavy (non-hydrogen) atoms. The van der Waals surface area contributed by atoms with Gasteiger partial charge in [0.05, 0.1) is 22.1 Å². The molecule has 4 aliphatic rings. The van der Waals surface area contributed by atoms with Gasteiger partial charge in [-0.3, -0.25) is 0 Å². The molecule has 0 N–H and O–H groups in total. The van der Waals surface area contributed by atoms with Crippen molar-refractivity contribution in [1.82, 2.24) is 9.13 Å². The van der Waals surface area contributed by atoms with E-state index in [0.29, 0.717) is 0 Å². The zero-order valence-electron chi connectivity index (χ0n) is 50.6. The van der Waals surface area contributed by atoms with Gasteiger partial charge in [-0.1, -0.05) is 225 Å². The van der Waals surface area contributed by atoms with E-state index in [1.165, 1.54) is 166 Å². The third-order valence-corrected chi connectivity index (χ3v) is 20.0. The van der Waals surface area contributed by atoms with E-state index in [9.17, 15) is 0 Å². The van der Waals surface area contributed by atoms with E-state index in [4.69, 9.17) is 0 Å². The van der Waals surface area contributed by atoms with Gasteiger partial charge in [-0.25, -0.2) is 0 Å². The van der Waals surface area contributed by atoms with Gasteiger partial charge < -0.3 is 9.13 Å². The second kappa shape index (κ2) is 15.8. The van der Waals surface area contributed by atoms with Gasteiger partial charge in [-0.2, -0.15) is 0 Å². The van der Waals surface area contributed by atoms with E-state index >= 15 is 0 Å². The molecule has 1 aliphatic carbocycles. The minimum absolute atomic E-state index is 0.0400. The fraction of sp³-hybridized carbons (Fsp3) is 0.266. The lowest BCUT2D eigenvalue weighted by atomic mass is 9.33. The fourth-order valence-corrected chi connectivity index (χ4v) is 15.7. The van der Waals surface area contributed by atoms with Crippen LogP contribution in [0.4, 0.5) is 0 Å². The first kappa shape index (κ1) is 49.9. The van der Waals surface area contributed by atoms with E-state index in [2.05, 4.69) is 283 Å². The Kier molecular flexibility index (Phi) is 9.62. The average Bonchev–Trinajstić information content (AvgIpc) is 1.48. The Morgan fingerprint density at radius 2 is 0.817 bits per heavy atom. The molecule has 402 valence electrons. The highest BCUT2D eigenvalue weighted by atomic mass is 15.1. The third kappa shape index (κ3) is 6.43. The molecule has 0 saturated carbocycles. The van der Waals surface area contributed by atoms with Crippen LogP contribution in [-0.2, 0) is 32.5 Å². The van der Waals surface area contributed by atoms with E-state index in [1.807, 2.05) is 0 Å². The highest BCUT2D eigenvalue weighted by Crippen LogP contribution is 2.63. The van der Waals surface area contributed by atoms with Crippen LogP contribution in [-0.4, -0.2) is 15.8 Å². The summed E-state index contributed by atoms with van der Waals surface area (Å²) >= 11 is 0. The first-order valence-electron chi connectivity index (χ1n) is 30.2. The predicted molar refractivity (Wildman–Crippen MR) is 353 cm³/mol. The molecule has 16 rings (SSSR count). The number of fused-ring (bicyclic) bond motifs is 15. The summed E-state index contributed by atoms with van der Waals surface area (Å²) in [5, 5.41) is 7.90. The Morgan fingerprint density at radius 3 is 1.41 bits per heavy atom. The van der Waals surface area contributed by atoms with Crippen LogP contribution in [0.2, 0.25) is 0 Å². The maximum atomic E-state index is 2.82. The molecule has 5 heterocycles. The number of hydrogen-bond acceptors (Lipinski definition) is 0. The van der Waals surface area contributed by atoms with Gasteiger partial charge in [0.15, 0.2) is 0 Å². The van der Waals surface area contributed by atoms with Gasteiger partial charge in [-0.15, -0.1) is 0 Å². The molecule has 3 heteroatoms. The molecule has 1 spiro atoms. The highest BCUT2D eigenvalue weighted by Gasteiger charge is 2.55. The summed E-state index contributed by atoms with van der Waals surface area (Å²) in [6, 6.07) is 68.5. The maximum Gasteiger partial charge on any atom is 0.252 e. The van der Waals surface area contributed by atoms with Crippen LogP contribution in [0, 0.1) is 0 Å². The van der Waals surface area contributed by atoms with Crippen molar-refractivity contribution in [3.63, 3.8) is 0 Å². The first-order chi connectivity index (χ1) is 38.8. The average molecular weight is 1060 g/mol. The van der Waals surface area contributed by atoms with Gasteiger partial charge in [0.25, 0.3) is 6.71 Å². The standard InChI is InChI=1S/C79H73BN2/c1-74(2,3)47-30-28-44(29-31-47)46-34-45-22-16-17-23-52(45)55(35-46)60-43-64-73-68-72(60)81-67-33-32-48(75(4,5)6)36-56(67)57-38-50(77(10,11)12)41-65(70(57)81)80(68)66-42-51(78(13,14)15)39-59-58-37-49(76(7,8)9)40-63(69(58)82(73)71(59)66)79(64)61-26-20-18-24-53(61)54-25-19-21-27-62(54)79/h16-43H,1-15H3. The lowest BCUT2D eigenvalue weighted by Gasteiger charge is -2.45. The molecule has 0 bridgehead atoms. The van der Waals surface area contributed by atoms with Crippen molar-refractivity contribution >= 4 is 77.5 Å². The van der Waals surface area contributed by atoms with Crippen molar-refractivity contribution < 1.29 is 0 Å². The quantitative estimate of drug-likeness (QED) is 0.153. The number of hydrogen-bond donors (Lipinski definition) is 0. The normalized spacial score (nSPS) is 14.8. The molecule has 0 saturated heterocycles. The molecular weight excluding hydrogens is 988 g/mol. The molecule has 0 amide bonds. The Labute approximate surface area is 484 Å². The molecule has 2 nitrogen and oxygen atoms in total. The summed E-state index contributed by atoms with van der Waals surface area (Å²) in [5.74, 6) is 0. The SMILES string of the molecule is CC(C)(C)c1ccc(-c2cc(-c3cc4c5c6c3-n3c7ccc(C(C)(C)C)cc7c7cc(C(C)(C)C)cc(c73)B6c3cc(C(C)(C)C)cc6c7cc(C(C)(C)C)cc(c7n-5c36)C43c4ccccc4-c4ccccc43)c3ccccc3c2)cc1. The molecule has 0 atom stereocenters. The minimum atomic E-state index is -0.662. The third-order valence-electron chi connectivity index (χ3n) is 20.0. The van der Waals surface area contributed by atoms with Crippen molar-refractivity contribution in [3.8, 4) is 44.8 Å². The Balaban J connectivity index is 1.20. The van der Waals surface area contributed by atoms with Crippen LogP contribution < -0.4 is 16.4 Å². The van der Waals surface area contributed by atoms with Gasteiger partial charge >= 0.3 is 0 Å². The summed E-state index contributed by atoms with van der Waals surface area (Å²) in [7, 11) is 0. The minimum Gasteiger partial charge on any atom is -0.310 e. The molecule has 0 unspecified atom stereocenters. The van der Waals surface area contributed by atoms with E-state index < -0.39 is 5.41 Å². The van der Waals surface area contributed by atoms with E-state index in [-0.39, 0.29) is 33.8 Å². The zero-order valence-corrected chi connectivity index (χ0v) is 50.6. The van der Waals surface area contributed by atoms with Crippen molar-refractivity contribution in [2.45, 2.75) is 136 Å². The van der Waals surface area contributed by atoms with Crippen molar-refractivity contribution in [2.24, 2.45) is 0 Å². The smallest absolute Gasteiger partial charge is 0.252 e. The van der Waals surface area contributed by atoms with Gasteiger partial charge in [0.2, 0.25) is 0 Å².